The van der Waals surface area contributed by atoms with Gasteiger partial charge in [0.1, 0.15) is 18.1 Å². The highest BCUT2D eigenvalue weighted by Crippen LogP contribution is 2.31. The number of nitrogens with one attached hydrogen (secondary N) is 2. The summed E-state index contributed by atoms with van der Waals surface area (Å²) in [4.78, 5) is 43.4. The van der Waals surface area contributed by atoms with Crippen LogP contribution in [0.3, 0.4) is 0 Å². The maximum absolute atomic E-state index is 13.9. The van der Waals surface area contributed by atoms with Crippen LogP contribution in [-0.2, 0) is 14.4 Å². The summed E-state index contributed by atoms with van der Waals surface area (Å²) in [6.45, 7) is 6.12. The monoisotopic (exact) mass is 539 g/mol. The number of nitrogens with zero attached hydrogens (tertiary/aromatic N) is 3. The molecule has 0 bridgehead atoms. The summed E-state index contributed by atoms with van der Waals surface area (Å²) in [5.74, 6) is -6.65. The fourth-order valence-electron chi connectivity index (χ4n) is 4.45. The highest BCUT2D eigenvalue weighted by Gasteiger charge is 2.48. The van der Waals surface area contributed by atoms with Gasteiger partial charge in [0.2, 0.25) is 11.8 Å². The minimum atomic E-state index is -5.21. The quantitative estimate of drug-likeness (QED) is 0.565. The SMILES string of the molecule is C[C@H]1CCN(C(=O)[C@@H](NC(=O)C(F)(F)F)C(C)(C)C)[C@@H]1C(=O)NC(C#N)c1cncc2cc(F)c(F)cc12. The van der Waals surface area contributed by atoms with E-state index in [2.05, 4.69) is 10.3 Å². The van der Waals surface area contributed by atoms with E-state index < -0.39 is 65.0 Å². The molecule has 2 N–H and O–H groups in total. The van der Waals surface area contributed by atoms with E-state index in [9.17, 15) is 41.6 Å². The van der Waals surface area contributed by atoms with Gasteiger partial charge in [0.25, 0.3) is 0 Å². The molecule has 1 aliphatic rings. The van der Waals surface area contributed by atoms with Gasteiger partial charge in [0.05, 0.1) is 6.07 Å². The van der Waals surface area contributed by atoms with Gasteiger partial charge in [0.15, 0.2) is 11.6 Å². The molecule has 3 amide bonds. The third-order valence-corrected chi connectivity index (χ3v) is 6.46. The second-order valence-corrected chi connectivity index (χ2v) is 10.3. The fourth-order valence-corrected chi connectivity index (χ4v) is 4.45. The normalized spacial score (nSPS) is 19.5. The Morgan fingerprint density at radius 3 is 2.32 bits per heavy atom. The number of hydrogen-bond acceptors (Lipinski definition) is 5. The van der Waals surface area contributed by atoms with Gasteiger partial charge in [-0.2, -0.15) is 18.4 Å². The lowest BCUT2D eigenvalue weighted by atomic mass is 9.85. The van der Waals surface area contributed by atoms with E-state index in [0.29, 0.717) is 6.42 Å². The van der Waals surface area contributed by atoms with Gasteiger partial charge in [-0.15, -0.1) is 0 Å². The molecule has 1 aromatic heterocycles. The first-order valence-electron chi connectivity index (χ1n) is 11.7. The summed E-state index contributed by atoms with van der Waals surface area (Å²) in [5.41, 5.74) is -1.04. The van der Waals surface area contributed by atoms with Crippen LogP contribution in [0.2, 0.25) is 0 Å². The molecule has 0 spiro atoms. The van der Waals surface area contributed by atoms with Gasteiger partial charge in [-0.05, 0) is 35.3 Å². The van der Waals surface area contributed by atoms with E-state index in [1.807, 2.05) is 6.07 Å². The first-order valence-corrected chi connectivity index (χ1v) is 11.7. The molecule has 0 aliphatic carbocycles. The Hall–Kier alpha value is -3.82. The molecule has 8 nitrogen and oxygen atoms in total. The Bertz CT molecular complexity index is 1300. The van der Waals surface area contributed by atoms with Crippen LogP contribution >= 0.6 is 0 Å². The Labute approximate surface area is 215 Å². The molecular weight excluding hydrogens is 513 g/mol. The fraction of sp³-hybridized carbons (Fsp3) is 0.480. The number of amides is 3. The third-order valence-electron chi connectivity index (χ3n) is 6.46. The van der Waals surface area contributed by atoms with Gasteiger partial charge >= 0.3 is 12.1 Å². The van der Waals surface area contributed by atoms with Gasteiger partial charge in [-0.1, -0.05) is 27.7 Å². The molecule has 0 radical (unpaired) electrons. The molecule has 1 aliphatic heterocycles. The molecule has 1 aromatic carbocycles. The van der Waals surface area contributed by atoms with Gasteiger partial charge < -0.3 is 15.5 Å². The van der Waals surface area contributed by atoms with Crippen molar-refractivity contribution < 1.29 is 36.3 Å². The zero-order valence-corrected chi connectivity index (χ0v) is 21.0. The summed E-state index contributed by atoms with van der Waals surface area (Å²) < 4.78 is 66.4. The second-order valence-electron chi connectivity index (χ2n) is 10.3. The van der Waals surface area contributed by atoms with Crippen molar-refractivity contribution in [3.8, 4) is 6.07 Å². The lowest BCUT2D eigenvalue weighted by molar-refractivity contribution is -0.176. The predicted octanol–water partition coefficient (Wildman–Crippen LogP) is 3.52. The molecule has 2 heterocycles. The maximum Gasteiger partial charge on any atom is 0.471 e. The minimum Gasteiger partial charge on any atom is -0.336 e. The highest BCUT2D eigenvalue weighted by atomic mass is 19.4. The first-order chi connectivity index (χ1) is 17.6. The number of hydrogen-bond donors (Lipinski definition) is 2. The van der Waals surface area contributed by atoms with Gasteiger partial charge in [-0.3, -0.25) is 19.4 Å². The van der Waals surface area contributed by atoms with Crippen LogP contribution in [0.1, 0.15) is 45.7 Å². The van der Waals surface area contributed by atoms with Crippen LogP contribution in [0, 0.1) is 34.3 Å². The Morgan fingerprint density at radius 1 is 1.11 bits per heavy atom. The van der Waals surface area contributed by atoms with Crippen molar-refractivity contribution >= 4 is 28.5 Å². The molecule has 1 fully saturated rings. The van der Waals surface area contributed by atoms with E-state index in [4.69, 9.17) is 0 Å². The molecule has 1 unspecified atom stereocenters. The van der Waals surface area contributed by atoms with Crippen molar-refractivity contribution in [1.82, 2.24) is 20.5 Å². The number of alkyl halides is 3. The number of halogens is 5. The number of carbonyl (C=O) groups is 3. The lowest BCUT2D eigenvalue weighted by Crippen LogP contribution is -2.60. The summed E-state index contributed by atoms with van der Waals surface area (Å²) in [6, 6.07) is -0.467. The zero-order valence-electron chi connectivity index (χ0n) is 21.0. The van der Waals surface area contributed by atoms with Crippen molar-refractivity contribution in [1.29, 1.82) is 5.26 Å². The molecule has 3 rings (SSSR count). The summed E-state index contributed by atoms with van der Waals surface area (Å²) in [6.07, 6.45) is -2.39. The number of aromatic nitrogens is 1. The van der Waals surface area contributed by atoms with Crippen LogP contribution in [0.4, 0.5) is 22.0 Å². The van der Waals surface area contributed by atoms with Crippen LogP contribution in [0.25, 0.3) is 10.8 Å². The number of fused-ring (bicyclic) bond motifs is 1. The van der Waals surface area contributed by atoms with Crippen molar-refractivity contribution in [3.05, 3.63) is 41.7 Å². The van der Waals surface area contributed by atoms with Crippen LogP contribution in [0.5, 0.6) is 0 Å². The number of pyridine rings is 1. The Kier molecular flexibility index (Phi) is 7.95. The molecule has 4 atom stereocenters. The van der Waals surface area contributed by atoms with E-state index >= 15 is 0 Å². The molecular formula is C25H26F5N5O3. The van der Waals surface area contributed by atoms with Crippen LogP contribution < -0.4 is 10.6 Å². The molecule has 1 saturated heterocycles. The number of rotatable bonds is 5. The van der Waals surface area contributed by atoms with E-state index in [1.54, 1.807) is 12.2 Å². The molecule has 13 heteroatoms. The average Bonchev–Trinajstić information content (AvgIpc) is 3.21. The predicted molar refractivity (Wildman–Crippen MR) is 125 cm³/mol. The van der Waals surface area contributed by atoms with Crippen molar-refractivity contribution in [2.24, 2.45) is 11.3 Å². The number of likely N-dealkylation sites (tertiary alicyclic amines) is 1. The van der Waals surface area contributed by atoms with Crippen molar-refractivity contribution in [2.75, 3.05) is 6.54 Å². The van der Waals surface area contributed by atoms with E-state index in [0.717, 1.165) is 17.0 Å². The zero-order chi connectivity index (χ0) is 28.6. The molecule has 0 saturated carbocycles. The summed E-state index contributed by atoms with van der Waals surface area (Å²) in [5, 5.41) is 14.3. The van der Waals surface area contributed by atoms with Gasteiger partial charge in [-0.25, -0.2) is 8.78 Å². The van der Waals surface area contributed by atoms with Crippen LogP contribution in [-0.4, -0.2) is 52.4 Å². The molecule has 204 valence electrons. The topological polar surface area (TPSA) is 115 Å². The van der Waals surface area contributed by atoms with Crippen LogP contribution in [0.15, 0.2) is 24.5 Å². The first kappa shape index (κ1) is 28.7. The largest absolute Gasteiger partial charge is 0.471 e. The summed E-state index contributed by atoms with van der Waals surface area (Å²) >= 11 is 0. The van der Waals surface area contributed by atoms with Crippen molar-refractivity contribution in [2.45, 2.75) is 58.4 Å². The third kappa shape index (κ3) is 5.84. The van der Waals surface area contributed by atoms with E-state index in [1.165, 1.54) is 33.2 Å². The minimum absolute atomic E-state index is 0.0318. The summed E-state index contributed by atoms with van der Waals surface area (Å²) in [7, 11) is 0. The highest BCUT2D eigenvalue weighted by molar-refractivity contribution is 5.94. The Morgan fingerprint density at radius 2 is 1.74 bits per heavy atom. The van der Waals surface area contributed by atoms with Gasteiger partial charge in [0, 0.05) is 29.9 Å². The number of benzene rings is 1. The second kappa shape index (κ2) is 10.5. The molecule has 38 heavy (non-hydrogen) atoms. The average molecular weight is 540 g/mol. The smallest absolute Gasteiger partial charge is 0.336 e. The lowest BCUT2D eigenvalue weighted by Gasteiger charge is -2.36. The number of nitriles is 1. The Balaban J connectivity index is 1.90. The standard InChI is InChI=1S/C25H26F5N5O3/c1-12-5-6-35(22(37)20(24(2,3)4)34-23(38)25(28,29)30)19(12)21(36)33-18(9-31)15-11-32-10-13-7-16(26)17(27)8-14(13)15/h7-8,10-12,18-20H,5-6H2,1-4H3,(H,33,36)(H,34,38)/t12-,18?,19-,20+/m0/s1. The van der Waals surface area contributed by atoms with Crippen molar-refractivity contribution in [3.63, 3.8) is 0 Å². The maximum atomic E-state index is 13.9. The number of carbonyl (C=O) groups excluding carboxylic acids is 3. The van der Waals surface area contributed by atoms with E-state index in [-0.39, 0.29) is 22.9 Å². The molecule has 2 aromatic rings.